The van der Waals surface area contributed by atoms with Crippen molar-refractivity contribution in [2.75, 3.05) is 0 Å². The fraction of sp³-hybridized carbons (Fsp3) is 0.167. The topological polar surface area (TPSA) is 30.0 Å². The van der Waals surface area contributed by atoms with E-state index >= 15 is 0 Å². The first-order chi connectivity index (χ1) is 8.06. The lowest BCUT2D eigenvalue weighted by atomic mass is 10.1. The summed E-state index contributed by atoms with van der Waals surface area (Å²) in [7, 11) is 0. The van der Waals surface area contributed by atoms with Crippen LogP contribution in [0, 0.1) is 18.6 Å². The van der Waals surface area contributed by atoms with E-state index in [-0.39, 0.29) is 17.8 Å². The highest BCUT2D eigenvalue weighted by Crippen LogP contribution is 2.17. The molecule has 0 atom stereocenters. The summed E-state index contributed by atoms with van der Waals surface area (Å²) in [6, 6.07) is 3.21. The van der Waals surface area contributed by atoms with Crippen LogP contribution in [0.25, 0.3) is 0 Å². The minimum atomic E-state index is -0.695. The van der Waals surface area contributed by atoms with E-state index < -0.39 is 11.6 Å². The van der Waals surface area contributed by atoms with Crippen molar-refractivity contribution in [1.29, 1.82) is 0 Å². The Morgan fingerprint density at radius 3 is 2.76 bits per heavy atom. The summed E-state index contributed by atoms with van der Waals surface area (Å²) in [6.07, 6.45) is 1.40. The number of ketones is 1. The Labute approximate surface area is 101 Å². The predicted octanol–water partition coefficient (Wildman–Crippen LogP) is 3.16. The van der Waals surface area contributed by atoms with Gasteiger partial charge in [-0.1, -0.05) is 6.07 Å². The summed E-state index contributed by atoms with van der Waals surface area (Å²) in [4.78, 5) is 16.2. The van der Waals surface area contributed by atoms with Gasteiger partial charge in [0.05, 0.1) is 9.88 Å². The number of halogens is 2. The van der Waals surface area contributed by atoms with Crippen molar-refractivity contribution >= 4 is 17.1 Å². The second kappa shape index (κ2) is 4.71. The van der Waals surface area contributed by atoms with Crippen LogP contribution in [0.3, 0.4) is 0 Å². The van der Waals surface area contributed by atoms with Crippen LogP contribution in [0.4, 0.5) is 8.78 Å². The molecule has 0 bridgehead atoms. The van der Waals surface area contributed by atoms with Crippen molar-refractivity contribution in [2.24, 2.45) is 0 Å². The first-order valence-electron chi connectivity index (χ1n) is 4.96. The molecule has 2 rings (SSSR count). The zero-order valence-electron chi connectivity index (χ0n) is 9.04. The summed E-state index contributed by atoms with van der Waals surface area (Å²) in [6.45, 7) is 1.79. The van der Waals surface area contributed by atoms with Crippen molar-refractivity contribution in [1.82, 2.24) is 4.98 Å². The molecule has 0 radical (unpaired) electrons. The highest BCUT2D eigenvalue weighted by Gasteiger charge is 2.13. The van der Waals surface area contributed by atoms with E-state index in [2.05, 4.69) is 4.98 Å². The Hall–Kier alpha value is -1.62. The van der Waals surface area contributed by atoms with Crippen LogP contribution in [0.5, 0.6) is 0 Å². The Balaban J connectivity index is 2.18. The molecule has 2 aromatic rings. The quantitative estimate of drug-likeness (QED) is 0.786. The second-order valence-corrected chi connectivity index (χ2v) is 4.81. The highest BCUT2D eigenvalue weighted by molar-refractivity contribution is 7.13. The van der Waals surface area contributed by atoms with Gasteiger partial charge in [0, 0.05) is 18.7 Å². The molecule has 0 amide bonds. The number of aryl methyl sites for hydroxylation is 1. The van der Waals surface area contributed by atoms with Gasteiger partial charge in [0.2, 0.25) is 0 Å². The fourth-order valence-electron chi connectivity index (χ4n) is 1.42. The van der Waals surface area contributed by atoms with Crippen LogP contribution in [0.15, 0.2) is 24.4 Å². The number of nitrogens with zero attached hydrogens (tertiary/aromatic N) is 1. The Kier molecular flexibility index (Phi) is 3.28. The number of carbonyl (C=O) groups is 1. The van der Waals surface area contributed by atoms with Crippen LogP contribution in [-0.2, 0) is 6.42 Å². The van der Waals surface area contributed by atoms with Crippen molar-refractivity contribution < 1.29 is 13.6 Å². The molecule has 0 saturated heterocycles. The summed E-state index contributed by atoms with van der Waals surface area (Å²) in [5, 5.41) is 0.785. The first-order valence-corrected chi connectivity index (χ1v) is 5.77. The van der Waals surface area contributed by atoms with E-state index in [0.717, 1.165) is 17.1 Å². The molecule has 1 aromatic carbocycles. The van der Waals surface area contributed by atoms with Gasteiger partial charge in [-0.25, -0.2) is 13.8 Å². The Morgan fingerprint density at radius 1 is 1.41 bits per heavy atom. The zero-order valence-corrected chi connectivity index (χ0v) is 9.85. The maximum atomic E-state index is 13.3. The van der Waals surface area contributed by atoms with Crippen LogP contribution in [0.1, 0.15) is 20.2 Å². The predicted molar refractivity (Wildman–Crippen MR) is 61.2 cm³/mol. The standard InChI is InChI=1S/C12H9F2NOS/c1-7-15-6-12(17-7)11(16)4-8-2-3-9(13)5-10(8)14/h2-3,5-6H,4H2,1H3. The molecule has 1 aromatic heterocycles. The lowest BCUT2D eigenvalue weighted by molar-refractivity contribution is 0.0995. The van der Waals surface area contributed by atoms with Crippen LogP contribution in [-0.4, -0.2) is 10.8 Å². The normalized spacial score (nSPS) is 10.5. The Morgan fingerprint density at radius 2 is 2.18 bits per heavy atom. The Bertz CT molecular complexity index is 565. The zero-order chi connectivity index (χ0) is 12.4. The van der Waals surface area contributed by atoms with Crippen molar-refractivity contribution in [3.63, 3.8) is 0 Å². The lowest BCUT2D eigenvalue weighted by Crippen LogP contribution is -2.03. The molecule has 0 aliphatic carbocycles. The molecule has 2 nitrogen and oxygen atoms in total. The molecule has 0 unspecified atom stereocenters. The third-order valence-electron chi connectivity index (χ3n) is 2.26. The van der Waals surface area contributed by atoms with Gasteiger partial charge in [-0.3, -0.25) is 4.79 Å². The number of Topliss-reactive ketones (excluding diaryl/α,β-unsaturated/α-hetero) is 1. The average molecular weight is 253 g/mol. The van der Waals surface area contributed by atoms with Gasteiger partial charge in [-0.2, -0.15) is 0 Å². The van der Waals surface area contributed by atoms with Gasteiger partial charge in [0.15, 0.2) is 5.78 Å². The lowest BCUT2D eigenvalue weighted by Gasteiger charge is -2.01. The van der Waals surface area contributed by atoms with Gasteiger partial charge in [0.1, 0.15) is 11.6 Å². The number of carbonyl (C=O) groups excluding carboxylic acids is 1. The van der Waals surface area contributed by atoms with Gasteiger partial charge < -0.3 is 0 Å². The molecular weight excluding hydrogens is 244 g/mol. The minimum Gasteiger partial charge on any atom is -0.293 e. The molecule has 17 heavy (non-hydrogen) atoms. The maximum absolute atomic E-state index is 13.3. The number of thiazole rings is 1. The SMILES string of the molecule is Cc1ncc(C(=O)Cc2ccc(F)cc2F)s1. The molecule has 0 saturated carbocycles. The number of rotatable bonds is 3. The van der Waals surface area contributed by atoms with Gasteiger partial charge in [-0.15, -0.1) is 11.3 Å². The smallest absolute Gasteiger partial charge is 0.178 e. The van der Waals surface area contributed by atoms with Crippen molar-refractivity contribution in [2.45, 2.75) is 13.3 Å². The number of hydrogen-bond acceptors (Lipinski definition) is 3. The van der Waals surface area contributed by atoms with Gasteiger partial charge in [0.25, 0.3) is 0 Å². The summed E-state index contributed by atoms with van der Waals surface area (Å²) >= 11 is 1.27. The second-order valence-electron chi connectivity index (χ2n) is 3.58. The number of aromatic nitrogens is 1. The molecule has 0 fully saturated rings. The van der Waals surface area contributed by atoms with Crippen LogP contribution in [0.2, 0.25) is 0 Å². The summed E-state index contributed by atoms with van der Waals surface area (Å²) in [5.74, 6) is -1.55. The van der Waals surface area contributed by atoms with Crippen molar-refractivity contribution in [3.05, 3.63) is 51.5 Å². The van der Waals surface area contributed by atoms with E-state index in [9.17, 15) is 13.6 Å². The molecule has 0 aliphatic rings. The molecule has 1 heterocycles. The van der Waals surface area contributed by atoms with Crippen LogP contribution >= 0.6 is 11.3 Å². The largest absolute Gasteiger partial charge is 0.293 e. The van der Waals surface area contributed by atoms with Crippen molar-refractivity contribution in [3.8, 4) is 0 Å². The molecule has 88 valence electrons. The third-order valence-corrected chi connectivity index (χ3v) is 3.22. The average Bonchev–Trinajstić information content (AvgIpc) is 2.69. The number of hydrogen-bond donors (Lipinski definition) is 0. The summed E-state index contributed by atoms with van der Waals surface area (Å²) in [5.41, 5.74) is 0.197. The number of benzene rings is 1. The van der Waals surface area contributed by atoms with Crippen LogP contribution < -0.4 is 0 Å². The third kappa shape index (κ3) is 2.74. The van der Waals surface area contributed by atoms with E-state index in [1.54, 1.807) is 6.92 Å². The summed E-state index contributed by atoms with van der Waals surface area (Å²) < 4.78 is 26.0. The highest BCUT2D eigenvalue weighted by atomic mass is 32.1. The molecule has 0 aliphatic heterocycles. The monoisotopic (exact) mass is 253 g/mol. The van der Waals surface area contributed by atoms with E-state index in [0.29, 0.717) is 4.88 Å². The van der Waals surface area contributed by atoms with Gasteiger partial charge in [-0.05, 0) is 18.6 Å². The van der Waals surface area contributed by atoms with E-state index in [1.807, 2.05) is 0 Å². The van der Waals surface area contributed by atoms with Gasteiger partial charge >= 0.3 is 0 Å². The first kappa shape index (κ1) is 11.9. The molecule has 0 N–H and O–H groups in total. The fourth-order valence-corrected chi connectivity index (χ4v) is 2.13. The molecule has 0 spiro atoms. The minimum absolute atomic E-state index is 0.0756. The van der Waals surface area contributed by atoms with E-state index in [4.69, 9.17) is 0 Å². The maximum Gasteiger partial charge on any atom is 0.178 e. The molecule has 5 heteroatoms. The van der Waals surface area contributed by atoms with E-state index in [1.165, 1.54) is 23.6 Å². The molecular formula is C12H9F2NOS.